The molecule has 21 heavy (non-hydrogen) atoms. The normalized spacial score (nSPS) is 20.4. The van der Waals surface area contributed by atoms with E-state index in [1.165, 1.54) is 0 Å². The Morgan fingerprint density at radius 2 is 2.14 bits per heavy atom. The lowest BCUT2D eigenvalue weighted by Gasteiger charge is -2.17. The molecule has 0 bridgehead atoms. The van der Waals surface area contributed by atoms with E-state index in [1.807, 2.05) is 25.1 Å². The lowest BCUT2D eigenvalue weighted by Crippen LogP contribution is -2.27. The van der Waals surface area contributed by atoms with Crippen molar-refractivity contribution in [2.24, 2.45) is 5.73 Å². The van der Waals surface area contributed by atoms with Crippen molar-refractivity contribution in [1.29, 1.82) is 0 Å². The molecular formula is C14H18ClN3O3. The summed E-state index contributed by atoms with van der Waals surface area (Å²) in [4.78, 5) is 27.0. The lowest BCUT2D eigenvalue weighted by molar-refractivity contribution is -0.117. The number of fused-ring (bicyclic) bond motifs is 1. The number of halogens is 1. The Morgan fingerprint density at radius 3 is 2.76 bits per heavy atom. The van der Waals surface area contributed by atoms with E-state index in [1.54, 1.807) is 9.80 Å². The van der Waals surface area contributed by atoms with Crippen molar-refractivity contribution >= 4 is 35.8 Å². The third kappa shape index (κ3) is 2.56. The summed E-state index contributed by atoms with van der Waals surface area (Å²) < 4.78 is 5.14. The van der Waals surface area contributed by atoms with Gasteiger partial charge in [0.15, 0.2) is 0 Å². The molecule has 1 aromatic carbocycles. The van der Waals surface area contributed by atoms with E-state index in [0.29, 0.717) is 26.1 Å². The van der Waals surface area contributed by atoms with Crippen molar-refractivity contribution in [1.82, 2.24) is 0 Å². The summed E-state index contributed by atoms with van der Waals surface area (Å²) in [7, 11) is 0. The fourth-order valence-corrected chi connectivity index (χ4v) is 2.74. The molecule has 1 saturated heterocycles. The number of hydrogen-bond donors (Lipinski definition) is 1. The lowest BCUT2D eigenvalue weighted by atomic mass is 10.1. The molecule has 2 amide bonds. The SMILES string of the molecule is CCN1C(=O)Cc2cc(N3C[C@H](CN)OC3=O)ccc21.Cl. The molecule has 2 N–H and O–H groups in total. The first-order valence-electron chi connectivity index (χ1n) is 6.75. The topological polar surface area (TPSA) is 75.9 Å². The molecule has 2 aliphatic heterocycles. The maximum atomic E-state index is 11.9. The monoisotopic (exact) mass is 311 g/mol. The molecule has 0 aromatic heterocycles. The van der Waals surface area contributed by atoms with Crippen LogP contribution in [0, 0.1) is 0 Å². The van der Waals surface area contributed by atoms with Crippen LogP contribution in [-0.4, -0.2) is 37.7 Å². The smallest absolute Gasteiger partial charge is 0.414 e. The molecular weight excluding hydrogens is 294 g/mol. The van der Waals surface area contributed by atoms with Crippen molar-refractivity contribution in [2.45, 2.75) is 19.4 Å². The summed E-state index contributed by atoms with van der Waals surface area (Å²) in [5, 5.41) is 0. The zero-order valence-corrected chi connectivity index (χ0v) is 12.6. The average Bonchev–Trinajstić information content (AvgIpc) is 2.96. The maximum Gasteiger partial charge on any atom is 0.414 e. The number of cyclic esters (lactones) is 1. The average molecular weight is 312 g/mol. The van der Waals surface area contributed by atoms with E-state index < -0.39 is 0 Å². The molecule has 0 spiro atoms. The van der Waals surface area contributed by atoms with Gasteiger partial charge in [0.1, 0.15) is 6.10 Å². The number of anilines is 2. The third-order valence-corrected chi connectivity index (χ3v) is 3.76. The number of ether oxygens (including phenoxy) is 1. The van der Waals surface area contributed by atoms with Crippen LogP contribution in [0.1, 0.15) is 12.5 Å². The van der Waals surface area contributed by atoms with E-state index in [9.17, 15) is 9.59 Å². The standard InChI is InChI=1S/C14H17N3O3.ClH/c1-2-16-12-4-3-10(5-9(12)6-13(16)18)17-8-11(7-15)20-14(17)19;/h3-5,11H,2,6-8,15H2,1H3;1H/t11-;/m0./s1. The van der Waals surface area contributed by atoms with Gasteiger partial charge in [-0.15, -0.1) is 12.4 Å². The number of carbonyl (C=O) groups is 2. The number of amides is 2. The quantitative estimate of drug-likeness (QED) is 0.913. The molecule has 2 heterocycles. The number of carbonyl (C=O) groups excluding carboxylic acids is 2. The second kappa shape index (κ2) is 5.91. The van der Waals surface area contributed by atoms with Crippen molar-refractivity contribution in [3.8, 4) is 0 Å². The number of nitrogens with two attached hydrogens (primary N) is 1. The van der Waals surface area contributed by atoms with Crippen LogP contribution in [0.2, 0.25) is 0 Å². The first-order chi connectivity index (χ1) is 9.63. The number of likely N-dealkylation sites (N-methyl/N-ethyl adjacent to an activating group) is 1. The zero-order chi connectivity index (χ0) is 14.3. The second-order valence-electron chi connectivity index (χ2n) is 4.98. The molecule has 7 heteroatoms. The van der Waals surface area contributed by atoms with Gasteiger partial charge in [0, 0.05) is 24.5 Å². The molecule has 114 valence electrons. The summed E-state index contributed by atoms with van der Waals surface area (Å²) in [5.41, 5.74) is 8.18. The van der Waals surface area contributed by atoms with E-state index >= 15 is 0 Å². The predicted octanol–water partition coefficient (Wildman–Crippen LogP) is 1.30. The summed E-state index contributed by atoms with van der Waals surface area (Å²) in [6, 6.07) is 5.63. The van der Waals surface area contributed by atoms with Gasteiger partial charge in [0.25, 0.3) is 0 Å². The van der Waals surface area contributed by atoms with Gasteiger partial charge in [-0.2, -0.15) is 0 Å². The third-order valence-electron chi connectivity index (χ3n) is 3.76. The Morgan fingerprint density at radius 1 is 1.38 bits per heavy atom. The highest BCUT2D eigenvalue weighted by atomic mass is 35.5. The molecule has 3 rings (SSSR count). The molecule has 1 atom stereocenters. The van der Waals surface area contributed by atoms with Gasteiger partial charge in [0.05, 0.1) is 13.0 Å². The minimum atomic E-state index is -0.378. The fraction of sp³-hybridized carbons (Fsp3) is 0.429. The molecule has 1 aromatic rings. The number of rotatable bonds is 3. The van der Waals surface area contributed by atoms with Crippen molar-refractivity contribution in [3.63, 3.8) is 0 Å². The Bertz CT molecular complexity index is 579. The molecule has 0 radical (unpaired) electrons. The van der Waals surface area contributed by atoms with Crippen molar-refractivity contribution < 1.29 is 14.3 Å². The van der Waals surface area contributed by atoms with Gasteiger partial charge in [-0.3, -0.25) is 9.69 Å². The molecule has 1 fully saturated rings. The van der Waals surface area contributed by atoms with Crippen LogP contribution in [-0.2, 0) is 16.0 Å². The van der Waals surface area contributed by atoms with Crippen LogP contribution in [0.15, 0.2) is 18.2 Å². The first-order valence-corrected chi connectivity index (χ1v) is 6.75. The van der Waals surface area contributed by atoms with E-state index in [2.05, 4.69) is 0 Å². The van der Waals surface area contributed by atoms with Gasteiger partial charge in [-0.1, -0.05) is 0 Å². The van der Waals surface area contributed by atoms with Crippen LogP contribution in [0.5, 0.6) is 0 Å². The van der Waals surface area contributed by atoms with E-state index in [0.717, 1.165) is 16.9 Å². The Kier molecular flexibility index (Phi) is 4.39. The summed E-state index contributed by atoms with van der Waals surface area (Å²) in [6.45, 7) is 3.38. The van der Waals surface area contributed by atoms with Crippen LogP contribution >= 0.6 is 12.4 Å². The van der Waals surface area contributed by atoms with E-state index in [4.69, 9.17) is 10.5 Å². The second-order valence-corrected chi connectivity index (χ2v) is 4.98. The van der Waals surface area contributed by atoms with Gasteiger partial charge in [-0.05, 0) is 30.7 Å². The van der Waals surface area contributed by atoms with E-state index in [-0.39, 0.29) is 30.5 Å². The highest BCUT2D eigenvalue weighted by Crippen LogP contribution is 2.33. The zero-order valence-electron chi connectivity index (χ0n) is 11.7. The predicted molar refractivity (Wildman–Crippen MR) is 82.1 cm³/mol. The van der Waals surface area contributed by atoms with Gasteiger partial charge >= 0.3 is 6.09 Å². The van der Waals surface area contributed by atoms with Crippen LogP contribution in [0.4, 0.5) is 16.2 Å². The minimum absolute atomic E-state index is 0. The molecule has 0 saturated carbocycles. The highest BCUT2D eigenvalue weighted by molar-refractivity contribution is 6.02. The Hall–Kier alpha value is -1.79. The number of benzene rings is 1. The highest BCUT2D eigenvalue weighted by Gasteiger charge is 2.33. The van der Waals surface area contributed by atoms with Gasteiger partial charge in [-0.25, -0.2) is 4.79 Å². The van der Waals surface area contributed by atoms with Crippen molar-refractivity contribution in [2.75, 3.05) is 29.4 Å². The fourth-order valence-electron chi connectivity index (χ4n) is 2.74. The molecule has 2 aliphatic rings. The van der Waals surface area contributed by atoms with Crippen LogP contribution in [0.25, 0.3) is 0 Å². The van der Waals surface area contributed by atoms with Crippen LogP contribution < -0.4 is 15.5 Å². The largest absolute Gasteiger partial charge is 0.443 e. The Balaban J connectivity index is 0.00000161. The maximum absolute atomic E-state index is 11.9. The van der Waals surface area contributed by atoms with Crippen LogP contribution in [0.3, 0.4) is 0 Å². The van der Waals surface area contributed by atoms with Crippen molar-refractivity contribution in [3.05, 3.63) is 23.8 Å². The molecule has 6 nitrogen and oxygen atoms in total. The molecule has 0 aliphatic carbocycles. The number of nitrogens with zero attached hydrogens (tertiary/aromatic N) is 2. The Labute approximate surface area is 129 Å². The summed E-state index contributed by atoms with van der Waals surface area (Å²) in [5.74, 6) is 0.100. The first kappa shape index (κ1) is 15.6. The van der Waals surface area contributed by atoms with Gasteiger partial charge in [0.2, 0.25) is 5.91 Å². The number of hydrogen-bond acceptors (Lipinski definition) is 4. The minimum Gasteiger partial charge on any atom is -0.443 e. The summed E-state index contributed by atoms with van der Waals surface area (Å²) in [6.07, 6.45) is -0.248. The van der Waals surface area contributed by atoms with Gasteiger partial charge < -0.3 is 15.4 Å². The molecule has 0 unspecified atom stereocenters. The summed E-state index contributed by atoms with van der Waals surface area (Å²) >= 11 is 0.